The molecule has 164 valence electrons. The normalized spacial score (nSPS) is 17.0. The summed E-state index contributed by atoms with van der Waals surface area (Å²) < 4.78 is 44.0. The summed E-state index contributed by atoms with van der Waals surface area (Å²) in [5.74, 6) is 0.359. The van der Waals surface area contributed by atoms with Crippen LogP contribution >= 0.6 is 11.6 Å². The Bertz CT molecular complexity index is 808. The SMILES string of the molecule is OC(COCc1ccccc1)CN1CCCN(c2ncc(C(F)(F)F)cc2Cl)CC1. The first-order valence-corrected chi connectivity index (χ1v) is 10.2. The number of alkyl halides is 3. The number of halogens is 4. The van der Waals surface area contributed by atoms with E-state index in [1.54, 1.807) is 0 Å². The van der Waals surface area contributed by atoms with Gasteiger partial charge in [-0.2, -0.15) is 13.2 Å². The van der Waals surface area contributed by atoms with Gasteiger partial charge in [-0.25, -0.2) is 4.98 Å². The molecule has 0 saturated carbocycles. The average molecular weight is 444 g/mol. The van der Waals surface area contributed by atoms with Gasteiger partial charge in [0.25, 0.3) is 0 Å². The van der Waals surface area contributed by atoms with Gasteiger partial charge < -0.3 is 14.7 Å². The van der Waals surface area contributed by atoms with Gasteiger partial charge in [-0.05, 0) is 24.6 Å². The van der Waals surface area contributed by atoms with Crippen molar-refractivity contribution in [1.82, 2.24) is 9.88 Å². The minimum atomic E-state index is -4.47. The summed E-state index contributed by atoms with van der Waals surface area (Å²) in [6.45, 7) is 3.77. The van der Waals surface area contributed by atoms with E-state index in [4.69, 9.17) is 16.3 Å². The Hall–Kier alpha value is -1.87. The predicted molar refractivity (Wildman–Crippen MR) is 110 cm³/mol. The van der Waals surface area contributed by atoms with Gasteiger partial charge in [-0.1, -0.05) is 41.9 Å². The third-order valence-electron chi connectivity index (χ3n) is 4.93. The molecule has 9 heteroatoms. The number of aliphatic hydroxyl groups excluding tert-OH is 1. The molecule has 1 N–H and O–H groups in total. The maximum absolute atomic E-state index is 12.8. The van der Waals surface area contributed by atoms with E-state index >= 15 is 0 Å². The van der Waals surface area contributed by atoms with E-state index in [1.165, 1.54) is 0 Å². The van der Waals surface area contributed by atoms with Gasteiger partial charge in [0.1, 0.15) is 5.82 Å². The molecule has 0 spiro atoms. The molecule has 1 aromatic heterocycles. The molecular formula is C21H25ClF3N3O2. The second kappa shape index (κ2) is 10.4. The first-order valence-electron chi connectivity index (χ1n) is 9.82. The summed E-state index contributed by atoms with van der Waals surface area (Å²) in [7, 11) is 0. The van der Waals surface area contributed by atoms with Crippen molar-refractivity contribution in [2.45, 2.75) is 25.3 Å². The number of aliphatic hydroxyl groups is 1. The summed E-state index contributed by atoms with van der Waals surface area (Å²) in [6.07, 6.45) is -3.48. The molecule has 0 amide bonds. The van der Waals surface area contributed by atoms with Gasteiger partial charge in [0.15, 0.2) is 0 Å². The molecule has 2 aromatic rings. The molecule has 1 aliphatic heterocycles. The molecule has 3 rings (SSSR count). The van der Waals surface area contributed by atoms with Crippen molar-refractivity contribution < 1.29 is 23.0 Å². The van der Waals surface area contributed by atoms with Crippen molar-refractivity contribution in [2.24, 2.45) is 0 Å². The fraction of sp³-hybridized carbons (Fsp3) is 0.476. The lowest BCUT2D eigenvalue weighted by Gasteiger charge is -2.25. The Morgan fingerprint density at radius 1 is 1.13 bits per heavy atom. The molecule has 1 atom stereocenters. The Morgan fingerprint density at radius 2 is 1.90 bits per heavy atom. The van der Waals surface area contributed by atoms with Crippen LogP contribution < -0.4 is 4.90 Å². The highest BCUT2D eigenvalue weighted by Crippen LogP contribution is 2.33. The third-order valence-corrected chi connectivity index (χ3v) is 5.21. The van der Waals surface area contributed by atoms with Crippen LogP contribution in [-0.4, -0.2) is 60.4 Å². The number of hydrogen-bond donors (Lipinski definition) is 1. The minimum Gasteiger partial charge on any atom is -0.389 e. The molecular weight excluding hydrogens is 419 g/mol. The van der Waals surface area contributed by atoms with Gasteiger partial charge in [0.2, 0.25) is 0 Å². The van der Waals surface area contributed by atoms with Gasteiger partial charge in [0, 0.05) is 32.4 Å². The lowest BCUT2D eigenvalue weighted by Crippen LogP contribution is -2.37. The standard InChI is InChI=1S/C21H25ClF3N3O2/c22-19-11-17(21(23,24)25)12-26-20(19)28-8-4-7-27(9-10-28)13-18(29)15-30-14-16-5-2-1-3-6-16/h1-3,5-6,11-12,18,29H,4,7-10,13-15H2. The van der Waals surface area contributed by atoms with E-state index in [9.17, 15) is 18.3 Å². The van der Waals surface area contributed by atoms with Gasteiger partial charge in [-0.15, -0.1) is 0 Å². The summed E-state index contributed by atoms with van der Waals surface area (Å²) in [5, 5.41) is 10.3. The Balaban J connectivity index is 1.47. The maximum atomic E-state index is 12.8. The number of β-amino-alcohol motifs (C(OH)–C–C–N with tert-alkyl or cyclic N) is 1. The topological polar surface area (TPSA) is 48.8 Å². The number of hydrogen-bond acceptors (Lipinski definition) is 5. The monoisotopic (exact) mass is 443 g/mol. The van der Waals surface area contributed by atoms with Crippen molar-refractivity contribution in [3.8, 4) is 0 Å². The average Bonchev–Trinajstić information content (AvgIpc) is 2.93. The highest BCUT2D eigenvalue weighted by Gasteiger charge is 2.32. The summed E-state index contributed by atoms with van der Waals surface area (Å²) in [4.78, 5) is 7.96. The maximum Gasteiger partial charge on any atom is 0.417 e. The first-order chi connectivity index (χ1) is 14.3. The largest absolute Gasteiger partial charge is 0.417 e. The Morgan fingerprint density at radius 3 is 2.60 bits per heavy atom. The van der Waals surface area contributed by atoms with Gasteiger partial charge in [0.05, 0.1) is 29.9 Å². The van der Waals surface area contributed by atoms with Gasteiger partial charge in [-0.3, -0.25) is 4.90 Å². The van der Waals surface area contributed by atoms with Gasteiger partial charge >= 0.3 is 6.18 Å². The zero-order valence-electron chi connectivity index (χ0n) is 16.5. The van der Waals surface area contributed by atoms with Crippen molar-refractivity contribution in [3.63, 3.8) is 0 Å². The van der Waals surface area contributed by atoms with E-state index in [2.05, 4.69) is 9.88 Å². The number of anilines is 1. The second-order valence-corrected chi connectivity index (χ2v) is 7.73. The quantitative estimate of drug-likeness (QED) is 0.704. The van der Waals surface area contributed by atoms with Crippen LogP contribution in [0, 0.1) is 0 Å². The van der Waals surface area contributed by atoms with Crippen LogP contribution in [0.5, 0.6) is 0 Å². The van der Waals surface area contributed by atoms with Crippen molar-refractivity contribution in [3.05, 3.63) is 58.7 Å². The number of aromatic nitrogens is 1. The van der Waals surface area contributed by atoms with E-state index in [0.29, 0.717) is 38.6 Å². The molecule has 1 fully saturated rings. The zero-order chi connectivity index (χ0) is 21.6. The lowest BCUT2D eigenvalue weighted by molar-refractivity contribution is -0.137. The van der Waals surface area contributed by atoms with Crippen molar-refractivity contribution >= 4 is 17.4 Å². The molecule has 1 unspecified atom stereocenters. The third kappa shape index (κ3) is 6.57. The van der Waals surface area contributed by atoms with Crippen LogP contribution in [0.1, 0.15) is 17.5 Å². The number of nitrogens with zero attached hydrogens (tertiary/aromatic N) is 3. The molecule has 2 heterocycles. The molecule has 1 aromatic carbocycles. The first kappa shape index (κ1) is 22.8. The van der Waals surface area contributed by atoms with Crippen LogP contribution in [0.15, 0.2) is 42.6 Å². The van der Waals surface area contributed by atoms with Crippen LogP contribution in [0.3, 0.4) is 0 Å². The van der Waals surface area contributed by atoms with E-state index in [1.807, 2.05) is 35.2 Å². The number of benzene rings is 1. The molecule has 0 radical (unpaired) electrons. The zero-order valence-corrected chi connectivity index (χ0v) is 17.2. The number of ether oxygens (including phenoxy) is 1. The molecule has 0 aliphatic carbocycles. The van der Waals surface area contributed by atoms with Crippen LogP contribution in [0.4, 0.5) is 19.0 Å². The number of pyridine rings is 1. The van der Waals surface area contributed by atoms with Crippen LogP contribution in [0.25, 0.3) is 0 Å². The molecule has 5 nitrogen and oxygen atoms in total. The van der Waals surface area contributed by atoms with E-state index in [-0.39, 0.29) is 11.6 Å². The van der Waals surface area contributed by atoms with E-state index < -0.39 is 17.8 Å². The molecule has 0 bridgehead atoms. The minimum absolute atomic E-state index is 0.00683. The fourth-order valence-electron chi connectivity index (χ4n) is 3.42. The van der Waals surface area contributed by atoms with Crippen molar-refractivity contribution in [1.29, 1.82) is 0 Å². The van der Waals surface area contributed by atoms with Crippen molar-refractivity contribution in [2.75, 3.05) is 44.2 Å². The Labute approximate surface area is 179 Å². The molecule has 30 heavy (non-hydrogen) atoms. The van der Waals surface area contributed by atoms with E-state index in [0.717, 1.165) is 30.8 Å². The number of rotatable bonds is 7. The summed E-state index contributed by atoms with van der Waals surface area (Å²) in [6, 6.07) is 10.7. The fourth-order valence-corrected chi connectivity index (χ4v) is 3.71. The summed E-state index contributed by atoms with van der Waals surface area (Å²) >= 11 is 6.08. The lowest BCUT2D eigenvalue weighted by atomic mass is 10.2. The highest BCUT2D eigenvalue weighted by atomic mass is 35.5. The van der Waals surface area contributed by atoms with Crippen LogP contribution in [-0.2, 0) is 17.5 Å². The second-order valence-electron chi connectivity index (χ2n) is 7.32. The van der Waals surface area contributed by atoms with Crippen LogP contribution in [0.2, 0.25) is 5.02 Å². The smallest absolute Gasteiger partial charge is 0.389 e. The predicted octanol–water partition coefficient (Wildman–Crippen LogP) is 3.84. The highest BCUT2D eigenvalue weighted by molar-refractivity contribution is 6.33. The molecule has 1 saturated heterocycles. The summed E-state index contributed by atoms with van der Waals surface area (Å²) in [5.41, 5.74) is 0.197. The Kier molecular flexibility index (Phi) is 7.93. The molecule has 1 aliphatic rings.